The predicted molar refractivity (Wildman–Crippen MR) is 70.7 cm³/mol. The molecule has 0 aliphatic rings. The van der Waals surface area contributed by atoms with Crippen LogP contribution in [0.5, 0.6) is 11.6 Å². The van der Waals surface area contributed by atoms with Crippen LogP contribution in [0.25, 0.3) is 0 Å². The third kappa shape index (κ3) is 2.84. The van der Waals surface area contributed by atoms with E-state index >= 15 is 0 Å². The number of aromatic nitrogens is 2. The lowest BCUT2D eigenvalue weighted by Crippen LogP contribution is -2.29. The van der Waals surface area contributed by atoms with Gasteiger partial charge in [0.1, 0.15) is 0 Å². The second-order valence-electron chi connectivity index (χ2n) is 3.99. The Labute approximate surface area is 115 Å². The average Bonchev–Trinajstić information content (AvgIpc) is 2.49. The largest absolute Gasteiger partial charge is 0.494 e. The molecule has 6 nitrogen and oxygen atoms in total. The van der Waals surface area contributed by atoms with E-state index in [0.29, 0.717) is 17.1 Å². The Balaban J connectivity index is 2.33. The van der Waals surface area contributed by atoms with E-state index < -0.39 is 11.9 Å². The van der Waals surface area contributed by atoms with Gasteiger partial charge < -0.3 is 9.47 Å². The number of benzene rings is 1. The van der Waals surface area contributed by atoms with E-state index in [1.54, 1.807) is 18.2 Å². The van der Waals surface area contributed by atoms with E-state index in [1.807, 2.05) is 0 Å². The summed E-state index contributed by atoms with van der Waals surface area (Å²) in [6.07, 6.45) is 0. The molecule has 7 heteroatoms. The van der Waals surface area contributed by atoms with Gasteiger partial charge in [-0.05, 0) is 23.8 Å². The molecule has 0 bridgehead atoms. The molecule has 1 heterocycles. The van der Waals surface area contributed by atoms with Gasteiger partial charge in [0.05, 0.1) is 26.0 Å². The van der Waals surface area contributed by atoms with Crippen LogP contribution in [0.15, 0.2) is 30.3 Å². The van der Waals surface area contributed by atoms with Crippen molar-refractivity contribution in [3.05, 3.63) is 47.4 Å². The molecule has 0 fully saturated rings. The van der Waals surface area contributed by atoms with Crippen molar-refractivity contribution in [2.24, 2.45) is 5.84 Å². The van der Waals surface area contributed by atoms with Crippen molar-refractivity contribution in [1.82, 2.24) is 15.6 Å². The first-order valence-electron chi connectivity index (χ1n) is 5.86. The second-order valence-corrected chi connectivity index (χ2v) is 3.99. The van der Waals surface area contributed by atoms with Gasteiger partial charge in [0, 0.05) is 6.07 Å². The number of hydrogen-bond donors (Lipinski definition) is 2. The van der Waals surface area contributed by atoms with E-state index in [9.17, 15) is 4.39 Å². The number of hydrogen-bond acceptors (Lipinski definition) is 6. The lowest BCUT2D eigenvalue weighted by Gasteiger charge is -2.16. The molecule has 0 aliphatic heterocycles. The maximum Gasteiger partial charge on any atom is 0.233 e. The monoisotopic (exact) mass is 278 g/mol. The Bertz CT molecular complexity index is 577. The summed E-state index contributed by atoms with van der Waals surface area (Å²) in [6, 6.07) is 7.47. The van der Waals surface area contributed by atoms with Crippen LogP contribution in [-0.4, -0.2) is 24.4 Å². The van der Waals surface area contributed by atoms with Crippen LogP contribution < -0.4 is 20.7 Å². The molecule has 0 saturated heterocycles. The van der Waals surface area contributed by atoms with Gasteiger partial charge in [-0.25, -0.2) is 9.82 Å². The van der Waals surface area contributed by atoms with Crippen LogP contribution in [0.4, 0.5) is 4.39 Å². The standard InChI is InChI=1S/C13H15FN4O2/c1-19-11-5-3-8(7-9(11)14)13(16-15)10-4-6-12(20-2)18-17-10/h3-7,13,16H,15H2,1-2H3. The van der Waals surface area contributed by atoms with E-state index in [2.05, 4.69) is 15.6 Å². The van der Waals surface area contributed by atoms with E-state index in [1.165, 1.54) is 26.4 Å². The van der Waals surface area contributed by atoms with Crippen LogP contribution in [0.2, 0.25) is 0 Å². The number of methoxy groups -OCH3 is 2. The molecule has 1 aromatic carbocycles. The number of rotatable bonds is 5. The molecule has 20 heavy (non-hydrogen) atoms. The van der Waals surface area contributed by atoms with Crippen molar-refractivity contribution in [2.75, 3.05) is 14.2 Å². The van der Waals surface area contributed by atoms with Crippen molar-refractivity contribution in [3.63, 3.8) is 0 Å². The maximum absolute atomic E-state index is 13.7. The number of nitrogens with two attached hydrogens (primary N) is 1. The highest BCUT2D eigenvalue weighted by Gasteiger charge is 2.16. The first kappa shape index (κ1) is 14.2. The molecule has 0 amide bonds. The summed E-state index contributed by atoms with van der Waals surface area (Å²) < 4.78 is 23.5. The highest BCUT2D eigenvalue weighted by Crippen LogP contribution is 2.25. The number of halogens is 1. The smallest absolute Gasteiger partial charge is 0.233 e. The van der Waals surface area contributed by atoms with Crippen LogP contribution >= 0.6 is 0 Å². The molecular weight excluding hydrogens is 263 g/mol. The second kappa shape index (κ2) is 6.27. The van der Waals surface area contributed by atoms with Crippen LogP contribution in [0.1, 0.15) is 17.3 Å². The fourth-order valence-corrected chi connectivity index (χ4v) is 1.81. The van der Waals surface area contributed by atoms with Crippen molar-refractivity contribution >= 4 is 0 Å². The van der Waals surface area contributed by atoms with Crippen LogP contribution in [-0.2, 0) is 0 Å². The predicted octanol–water partition coefficient (Wildman–Crippen LogP) is 1.19. The highest BCUT2D eigenvalue weighted by molar-refractivity contribution is 5.34. The summed E-state index contributed by atoms with van der Waals surface area (Å²) in [4.78, 5) is 0. The van der Waals surface area contributed by atoms with Gasteiger partial charge in [-0.2, -0.15) is 0 Å². The molecule has 3 N–H and O–H groups in total. The lowest BCUT2D eigenvalue weighted by molar-refractivity contribution is 0.385. The quantitative estimate of drug-likeness (QED) is 0.631. The molecular formula is C13H15FN4O2. The summed E-state index contributed by atoms with van der Waals surface area (Å²) in [5, 5.41) is 7.86. The minimum absolute atomic E-state index is 0.172. The Hall–Kier alpha value is -2.25. The van der Waals surface area contributed by atoms with Crippen LogP contribution in [0.3, 0.4) is 0 Å². The molecule has 0 saturated carbocycles. The zero-order valence-corrected chi connectivity index (χ0v) is 11.1. The van der Waals surface area contributed by atoms with Crippen molar-refractivity contribution in [3.8, 4) is 11.6 Å². The molecule has 106 valence electrons. The summed E-state index contributed by atoms with van der Waals surface area (Å²) in [5.74, 6) is 5.62. The first-order valence-corrected chi connectivity index (χ1v) is 5.86. The van der Waals surface area contributed by atoms with Gasteiger partial charge in [-0.3, -0.25) is 5.84 Å². The summed E-state index contributed by atoms with van der Waals surface area (Å²) in [5.41, 5.74) is 3.76. The minimum atomic E-state index is -0.478. The van der Waals surface area contributed by atoms with Crippen molar-refractivity contribution < 1.29 is 13.9 Å². The van der Waals surface area contributed by atoms with E-state index in [-0.39, 0.29) is 5.75 Å². The van der Waals surface area contributed by atoms with Crippen LogP contribution in [0, 0.1) is 5.82 Å². The van der Waals surface area contributed by atoms with Gasteiger partial charge in [-0.1, -0.05) is 6.07 Å². The maximum atomic E-state index is 13.7. The fourth-order valence-electron chi connectivity index (χ4n) is 1.81. The van der Waals surface area contributed by atoms with Gasteiger partial charge in [0.15, 0.2) is 11.6 Å². The molecule has 1 unspecified atom stereocenters. The molecule has 2 rings (SSSR count). The lowest BCUT2D eigenvalue weighted by atomic mass is 10.0. The normalized spacial score (nSPS) is 12.0. The van der Waals surface area contributed by atoms with Gasteiger partial charge >= 0.3 is 0 Å². The third-order valence-corrected chi connectivity index (χ3v) is 2.84. The number of nitrogens with zero attached hydrogens (tertiary/aromatic N) is 2. The Kier molecular flexibility index (Phi) is 4.44. The molecule has 1 atom stereocenters. The Morgan fingerprint density at radius 1 is 1.15 bits per heavy atom. The summed E-state index contributed by atoms with van der Waals surface area (Å²) in [7, 11) is 2.91. The van der Waals surface area contributed by atoms with Gasteiger partial charge in [0.2, 0.25) is 5.88 Å². The zero-order chi connectivity index (χ0) is 14.5. The molecule has 0 radical (unpaired) electrons. The molecule has 1 aromatic heterocycles. The minimum Gasteiger partial charge on any atom is -0.494 e. The number of nitrogens with one attached hydrogen (secondary N) is 1. The molecule has 2 aromatic rings. The van der Waals surface area contributed by atoms with E-state index in [4.69, 9.17) is 15.3 Å². The topological polar surface area (TPSA) is 82.3 Å². The fraction of sp³-hybridized carbons (Fsp3) is 0.231. The Morgan fingerprint density at radius 2 is 1.95 bits per heavy atom. The molecule has 0 aliphatic carbocycles. The summed E-state index contributed by atoms with van der Waals surface area (Å²) in [6.45, 7) is 0. The van der Waals surface area contributed by atoms with Crippen molar-refractivity contribution in [1.29, 1.82) is 0 Å². The first-order chi connectivity index (χ1) is 9.69. The number of hydrazine groups is 1. The zero-order valence-electron chi connectivity index (χ0n) is 11.1. The highest BCUT2D eigenvalue weighted by atomic mass is 19.1. The average molecular weight is 278 g/mol. The Morgan fingerprint density at radius 3 is 2.45 bits per heavy atom. The molecule has 0 spiro atoms. The summed E-state index contributed by atoms with van der Waals surface area (Å²) >= 11 is 0. The SMILES string of the molecule is COc1ccc(C(NN)c2ccc(OC)c(F)c2)nn1. The van der Waals surface area contributed by atoms with Gasteiger partial charge in [0.25, 0.3) is 0 Å². The van der Waals surface area contributed by atoms with Crippen molar-refractivity contribution in [2.45, 2.75) is 6.04 Å². The third-order valence-electron chi connectivity index (χ3n) is 2.84. The van der Waals surface area contributed by atoms with E-state index in [0.717, 1.165) is 0 Å². The van der Waals surface area contributed by atoms with Gasteiger partial charge in [-0.15, -0.1) is 10.2 Å². The number of ether oxygens (including phenoxy) is 2.